The van der Waals surface area contributed by atoms with Gasteiger partial charge in [-0.05, 0) is 57.4 Å². The van der Waals surface area contributed by atoms with Crippen LogP contribution in [0.5, 0.6) is 5.75 Å². The van der Waals surface area contributed by atoms with Crippen molar-refractivity contribution in [3.05, 3.63) is 67.2 Å². The number of urea groups is 1. The molecule has 0 radical (unpaired) electrons. The molecule has 3 rings (SSSR count). The summed E-state index contributed by atoms with van der Waals surface area (Å²) in [6.07, 6.45) is 1.49. The van der Waals surface area contributed by atoms with Crippen molar-refractivity contribution in [1.29, 1.82) is 0 Å². The van der Waals surface area contributed by atoms with Crippen molar-refractivity contribution in [2.24, 2.45) is 0 Å². The Kier molecular flexibility index (Phi) is 6.61. The SMILES string of the molecule is O=C(O)COc1c(Cl)cc(/C=C2/NC(=O)N(Cc3ccc(Br)cc3)C2=O)cc1Br. The molecule has 7 nitrogen and oxygen atoms in total. The number of nitrogens with one attached hydrogen (secondary N) is 1. The van der Waals surface area contributed by atoms with Crippen LogP contribution in [0.4, 0.5) is 4.79 Å². The summed E-state index contributed by atoms with van der Waals surface area (Å²) in [5, 5.41) is 11.4. The van der Waals surface area contributed by atoms with Crippen LogP contribution < -0.4 is 10.1 Å². The first-order valence-corrected chi connectivity index (χ1v) is 10.1. The molecule has 0 saturated carbocycles. The monoisotopic (exact) mass is 542 g/mol. The summed E-state index contributed by atoms with van der Waals surface area (Å²) in [6, 6.07) is 9.89. The van der Waals surface area contributed by atoms with Crippen LogP contribution in [-0.4, -0.2) is 34.5 Å². The number of hydrogen-bond acceptors (Lipinski definition) is 4. The molecule has 2 N–H and O–H groups in total. The van der Waals surface area contributed by atoms with E-state index in [-0.39, 0.29) is 23.0 Å². The van der Waals surface area contributed by atoms with Gasteiger partial charge in [0.1, 0.15) is 5.70 Å². The fourth-order valence-electron chi connectivity index (χ4n) is 2.59. The van der Waals surface area contributed by atoms with Gasteiger partial charge in [0, 0.05) is 4.47 Å². The van der Waals surface area contributed by atoms with Crippen LogP contribution in [0.3, 0.4) is 0 Å². The molecule has 1 saturated heterocycles. The molecule has 0 unspecified atom stereocenters. The predicted octanol–water partition coefficient (Wildman–Crippen LogP) is 4.42. The van der Waals surface area contributed by atoms with Gasteiger partial charge < -0.3 is 15.2 Å². The average Bonchev–Trinajstić information content (AvgIpc) is 2.90. The first-order chi connectivity index (χ1) is 13.7. The molecule has 1 aliphatic heterocycles. The number of amides is 3. The molecule has 0 aliphatic carbocycles. The summed E-state index contributed by atoms with van der Waals surface area (Å²) in [5.74, 6) is -1.42. The molecular weight excluding hydrogens is 531 g/mol. The molecule has 2 aromatic carbocycles. The maximum absolute atomic E-state index is 12.6. The Morgan fingerprint density at radius 3 is 2.52 bits per heavy atom. The number of carboxylic acids is 1. The van der Waals surface area contributed by atoms with E-state index in [2.05, 4.69) is 37.2 Å². The average molecular weight is 545 g/mol. The zero-order chi connectivity index (χ0) is 21.1. The van der Waals surface area contributed by atoms with Crippen LogP contribution >= 0.6 is 43.5 Å². The largest absolute Gasteiger partial charge is 0.479 e. The van der Waals surface area contributed by atoms with Crippen molar-refractivity contribution < 1.29 is 24.2 Å². The topological polar surface area (TPSA) is 95.9 Å². The highest BCUT2D eigenvalue weighted by Crippen LogP contribution is 2.35. The number of hydrogen-bond donors (Lipinski definition) is 2. The Labute approximate surface area is 187 Å². The molecule has 1 heterocycles. The lowest BCUT2D eigenvalue weighted by molar-refractivity contribution is -0.139. The van der Waals surface area contributed by atoms with Gasteiger partial charge >= 0.3 is 12.0 Å². The molecule has 3 amide bonds. The second kappa shape index (κ2) is 8.98. The van der Waals surface area contributed by atoms with Crippen LogP contribution in [0, 0.1) is 0 Å². The highest BCUT2D eigenvalue weighted by molar-refractivity contribution is 9.10. The first-order valence-electron chi connectivity index (χ1n) is 8.17. The summed E-state index contributed by atoms with van der Waals surface area (Å²) < 4.78 is 6.46. The van der Waals surface area contributed by atoms with Crippen LogP contribution in [0.15, 0.2) is 51.0 Å². The molecule has 1 aliphatic rings. The zero-order valence-corrected chi connectivity index (χ0v) is 18.5. The third kappa shape index (κ3) is 5.17. The van der Waals surface area contributed by atoms with Crippen LogP contribution in [0.2, 0.25) is 5.02 Å². The highest BCUT2D eigenvalue weighted by atomic mass is 79.9. The first kappa shape index (κ1) is 21.4. The number of nitrogens with zero attached hydrogens (tertiary/aromatic N) is 1. The number of carbonyl (C=O) groups is 3. The van der Waals surface area contributed by atoms with Gasteiger partial charge in [-0.25, -0.2) is 9.59 Å². The second-order valence-corrected chi connectivity index (χ2v) is 8.18. The molecule has 0 atom stereocenters. The van der Waals surface area contributed by atoms with Crippen molar-refractivity contribution in [2.75, 3.05) is 6.61 Å². The Hall–Kier alpha value is -2.36. The Morgan fingerprint density at radius 1 is 1.21 bits per heavy atom. The molecule has 0 spiro atoms. The minimum atomic E-state index is -1.13. The number of carbonyl (C=O) groups excluding carboxylic acids is 2. The van der Waals surface area contributed by atoms with E-state index in [0.29, 0.717) is 10.0 Å². The van der Waals surface area contributed by atoms with Crippen LogP contribution in [0.1, 0.15) is 11.1 Å². The molecule has 0 aromatic heterocycles. The lowest BCUT2D eigenvalue weighted by atomic mass is 10.1. The summed E-state index contributed by atoms with van der Waals surface area (Å²) >= 11 is 12.8. The van der Waals surface area contributed by atoms with E-state index in [0.717, 1.165) is 14.9 Å². The number of aliphatic carboxylic acids is 1. The third-order valence-corrected chi connectivity index (χ3v) is 5.29. The molecule has 10 heteroatoms. The predicted molar refractivity (Wildman–Crippen MR) is 113 cm³/mol. The van der Waals surface area contributed by atoms with E-state index in [1.54, 1.807) is 6.07 Å². The smallest absolute Gasteiger partial charge is 0.341 e. The van der Waals surface area contributed by atoms with E-state index >= 15 is 0 Å². The molecule has 0 bridgehead atoms. The molecular formula is C19H13Br2ClN2O5. The number of imide groups is 1. The van der Waals surface area contributed by atoms with Gasteiger partial charge in [-0.1, -0.05) is 39.7 Å². The summed E-state index contributed by atoms with van der Waals surface area (Å²) in [7, 11) is 0. The fraction of sp³-hybridized carbons (Fsp3) is 0.105. The zero-order valence-electron chi connectivity index (χ0n) is 14.6. The van der Waals surface area contributed by atoms with Gasteiger partial charge in [0.05, 0.1) is 16.0 Å². The highest BCUT2D eigenvalue weighted by Gasteiger charge is 2.33. The van der Waals surface area contributed by atoms with Crippen LogP contribution in [-0.2, 0) is 16.1 Å². The summed E-state index contributed by atoms with van der Waals surface area (Å²) in [4.78, 5) is 36.6. The van der Waals surface area contributed by atoms with Crippen molar-refractivity contribution in [3.63, 3.8) is 0 Å². The minimum absolute atomic E-state index is 0.106. The Morgan fingerprint density at radius 2 is 1.90 bits per heavy atom. The van der Waals surface area contributed by atoms with Crippen molar-refractivity contribution in [3.8, 4) is 5.75 Å². The third-order valence-electron chi connectivity index (χ3n) is 3.89. The lowest BCUT2D eigenvalue weighted by Crippen LogP contribution is -2.30. The van der Waals surface area contributed by atoms with Crippen LogP contribution in [0.25, 0.3) is 6.08 Å². The normalized spacial score (nSPS) is 15.0. The summed E-state index contributed by atoms with van der Waals surface area (Å²) in [5.41, 5.74) is 1.44. The van der Waals surface area contributed by atoms with Gasteiger partial charge in [0.2, 0.25) is 0 Å². The van der Waals surface area contributed by atoms with E-state index in [9.17, 15) is 14.4 Å². The number of halogens is 3. The minimum Gasteiger partial charge on any atom is -0.479 e. The van der Waals surface area contributed by atoms with E-state index < -0.39 is 24.5 Å². The number of benzene rings is 2. The van der Waals surface area contributed by atoms with Gasteiger partial charge in [0.15, 0.2) is 12.4 Å². The van der Waals surface area contributed by atoms with E-state index in [1.165, 1.54) is 12.1 Å². The molecule has 150 valence electrons. The second-order valence-electron chi connectivity index (χ2n) is 6.00. The fourth-order valence-corrected chi connectivity index (χ4v) is 3.84. The van der Waals surface area contributed by atoms with Crippen molar-refractivity contribution in [2.45, 2.75) is 6.54 Å². The Bertz CT molecular complexity index is 1000. The van der Waals surface area contributed by atoms with E-state index in [1.807, 2.05) is 24.3 Å². The van der Waals surface area contributed by atoms with Gasteiger partial charge in [0.25, 0.3) is 5.91 Å². The maximum atomic E-state index is 12.6. The number of ether oxygens (including phenoxy) is 1. The molecule has 1 fully saturated rings. The van der Waals surface area contributed by atoms with Gasteiger partial charge in [-0.2, -0.15) is 0 Å². The standard InChI is InChI=1S/C19H13Br2ClN2O5/c20-12-3-1-10(2-4-12)8-24-18(27)15(23-19(24)28)7-11-5-13(21)17(14(22)6-11)29-9-16(25)26/h1-7H,8-9H2,(H,23,28)(H,25,26)/b15-7+. The van der Waals surface area contributed by atoms with Crippen molar-refractivity contribution >= 4 is 67.4 Å². The van der Waals surface area contributed by atoms with Crippen molar-refractivity contribution in [1.82, 2.24) is 10.2 Å². The summed E-state index contributed by atoms with van der Waals surface area (Å²) in [6.45, 7) is -0.403. The quantitative estimate of drug-likeness (QED) is 0.415. The number of rotatable bonds is 6. The van der Waals surface area contributed by atoms with E-state index in [4.69, 9.17) is 21.4 Å². The Balaban J connectivity index is 1.80. The lowest BCUT2D eigenvalue weighted by Gasteiger charge is -2.11. The maximum Gasteiger partial charge on any atom is 0.341 e. The number of carboxylic acid groups (broad SMARTS) is 1. The molecule has 29 heavy (non-hydrogen) atoms. The van der Waals surface area contributed by atoms with Gasteiger partial charge in [-0.3, -0.25) is 9.69 Å². The molecule has 2 aromatic rings. The van der Waals surface area contributed by atoms with Gasteiger partial charge in [-0.15, -0.1) is 0 Å².